The molecule has 1 N–H and O–H groups in total. The zero-order valence-electron chi connectivity index (χ0n) is 13.1. The summed E-state index contributed by atoms with van der Waals surface area (Å²) >= 11 is 0. The normalized spacial score (nSPS) is 24.8. The molecule has 0 amide bonds. The number of hydrogen-bond donors (Lipinski definition) is 1. The average molecular weight is 347 g/mol. The first-order chi connectivity index (χ1) is 9.95. The van der Waals surface area contributed by atoms with Crippen molar-refractivity contribution in [3.63, 3.8) is 0 Å². The van der Waals surface area contributed by atoms with E-state index in [4.69, 9.17) is 0 Å². The van der Waals surface area contributed by atoms with Crippen molar-refractivity contribution in [2.24, 2.45) is 0 Å². The summed E-state index contributed by atoms with van der Waals surface area (Å²) in [5.74, 6) is -0.753. The molecule has 1 aliphatic heterocycles. The zero-order valence-corrected chi connectivity index (χ0v) is 14.7. The van der Waals surface area contributed by atoms with Crippen molar-refractivity contribution < 1.29 is 21.9 Å². The van der Waals surface area contributed by atoms with Crippen LogP contribution in [-0.2, 0) is 19.9 Å². The van der Waals surface area contributed by atoms with Crippen molar-refractivity contribution in [2.45, 2.75) is 37.8 Å². The van der Waals surface area contributed by atoms with Crippen LogP contribution in [0.15, 0.2) is 17.0 Å². The number of hydrogen-bond acceptors (Lipinski definition) is 5. The van der Waals surface area contributed by atoms with E-state index in [2.05, 4.69) is 0 Å². The maximum atomic E-state index is 12.8. The Kier molecular flexibility index (Phi) is 4.42. The van der Waals surface area contributed by atoms with Crippen molar-refractivity contribution in [2.75, 3.05) is 18.6 Å². The molecule has 0 aliphatic carbocycles. The fourth-order valence-electron chi connectivity index (χ4n) is 2.70. The molecule has 1 aromatic carbocycles. The van der Waals surface area contributed by atoms with Crippen LogP contribution in [0.4, 0.5) is 0 Å². The van der Waals surface area contributed by atoms with Crippen LogP contribution in [0.25, 0.3) is 0 Å². The van der Waals surface area contributed by atoms with Gasteiger partial charge in [0.25, 0.3) is 0 Å². The number of sulfonamides is 1. The molecule has 1 aliphatic rings. The van der Waals surface area contributed by atoms with Gasteiger partial charge in [0.15, 0.2) is 9.84 Å². The predicted octanol–water partition coefficient (Wildman–Crippen LogP) is 0.390. The van der Waals surface area contributed by atoms with Gasteiger partial charge in [0, 0.05) is 7.05 Å². The Balaban J connectivity index is 2.45. The second-order valence-electron chi connectivity index (χ2n) is 5.93. The van der Waals surface area contributed by atoms with E-state index in [1.807, 2.05) is 13.8 Å². The van der Waals surface area contributed by atoms with Gasteiger partial charge in [0.05, 0.1) is 28.5 Å². The van der Waals surface area contributed by atoms with Gasteiger partial charge in [0.2, 0.25) is 10.0 Å². The smallest absolute Gasteiger partial charge is 0.243 e. The quantitative estimate of drug-likeness (QED) is 0.854. The molecule has 0 bridgehead atoms. The summed E-state index contributed by atoms with van der Waals surface area (Å²) in [6.07, 6.45) is -1.20. The molecule has 1 aromatic rings. The molecule has 0 saturated carbocycles. The van der Waals surface area contributed by atoms with Crippen molar-refractivity contribution in [3.05, 3.63) is 28.8 Å². The molecule has 0 unspecified atom stereocenters. The fraction of sp³-hybridized carbons (Fsp3) is 0.571. The Morgan fingerprint density at radius 2 is 1.64 bits per heavy atom. The average Bonchev–Trinajstić information content (AvgIpc) is 2.66. The molecule has 2 atom stereocenters. The molecule has 1 heterocycles. The van der Waals surface area contributed by atoms with E-state index in [0.717, 1.165) is 15.4 Å². The highest BCUT2D eigenvalue weighted by atomic mass is 32.2. The van der Waals surface area contributed by atoms with Gasteiger partial charge in [0.1, 0.15) is 0 Å². The zero-order chi connectivity index (χ0) is 16.9. The molecule has 1 saturated heterocycles. The number of aliphatic hydroxyl groups excluding tert-OH is 1. The van der Waals surface area contributed by atoms with Gasteiger partial charge in [-0.05, 0) is 43.5 Å². The standard InChI is InChI=1S/C14H21NO5S2/c1-9-5-11(3)14(6-10(9)2)22(19,20)15(4)12-7-21(17,18)8-13(12)16/h5-6,12-13,16H,7-8H2,1-4H3/t12-,13+/m1/s1. The van der Waals surface area contributed by atoms with E-state index < -0.39 is 37.8 Å². The van der Waals surface area contributed by atoms with Crippen LogP contribution >= 0.6 is 0 Å². The predicted molar refractivity (Wildman–Crippen MR) is 84.1 cm³/mol. The first-order valence-electron chi connectivity index (χ1n) is 6.90. The van der Waals surface area contributed by atoms with Gasteiger partial charge in [-0.1, -0.05) is 6.07 Å². The number of likely N-dealkylation sites (N-methyl/N-ethyl adjacent to an activating group) is 1. The number of nitrogens with zero attached hydrogens (tertiary/aromatic N) is 1. The Hall–Kier alpha value is -0.960. The summed E-state index contributed by atoms with van der Waals surface area (Å²) in [5.41, 5.74) is 2.44. The summed E-state index contributed by atoms with van der Waals surface area (Å²) in [6, 6.07) is 2.43. The summed E-state index contributed by atoms with van der Waals surface area (Å²) in [6.45, 7) is 5.42. The number of aryl methyl sites for hydroxylation is 3. The molecule has 0 spiro atoms. The third-order valence-corrected chi connectivity index (χ3v) is 7.93. The van der Waals surface area contributed by atoms with E-state index in [0.29, 0.717) is 5.56 Å². The first kappa shape index (κ1) is 17.4. The minimum Gasteiger partial charge on any atom is -0.390 e. The van der Waals surface area contributed by atoms with Crippen molar-refractivity contribution in [1.29, 1.82) is 0 Å². The van der Waals surface area contributed by atoms with Crippen LogP contribution in [0.5, 0.6) is 0 Å². The molecule has 6 nitrogen and oxygen atoms in total. The van der Waals surface area contributed by atoms with Gasteiger partial charge >= 0.3 is 0 Å². The number of sulfone groups is 1. The monoisotopic (exact) mass is 347 g/mol. The Morgan fingerprint density at radius 3 is 2.14 bits per heavy atom. The number of rotatable bonds is 3. The third kappa shape index (κ3) is 3.05. The van der Waals surface area contributed by atoms with Crippen molar-refractivity contribution >= 4 is 19.9 Å². The third-order valence-electron chi connectivity index (χ3n) is 4.21. The summed E-state index contributed by atoms with van der Waals surface area (Å²) in [4.78, 5) is 0.148. The molecule has 124 valence electrons. The van der Waals surface area contributed by atoms with E-state index in [1.54, 1.807) is 19.1 Å². The lowest BCUT2D eigenvalue weighted by Gasteiger charge is -2.26. The summed E-state index contributed by atoms with van der Waals surface area (Å²) in [5, 5.41) is 9.89. The SMILES string of the molecule is Cc1cc(C)c(S(=O)(=O)N(C)[C@@H]2CS(=O)(=O)C[C@@H]2O)cc1C. The lowest BCUT2D eigenvalue weighted by atomic mass is 10.1. The lowest BCUT2D eigenvalue weighted by Crippen LogP contribution is -2.44. The Morgan fingerprint density at radius 1 is 1.09 bits per heavy atom. The molecular weight excluding hydrogens is 326 g/mol. The minimum absolute atomic E-state index is 0.148. The van der Waals surface area contributed by atoms with Crippen LogP contribution in [0.3, 0.4) is 0 Å². The van der Waals surface area contributed by atoms with E-state index in [1.165, 1.54) is 7.05 Å². The largest absolute Gasteiger partial charge is 0.390 e. The summed E-state index contributed by atoms with van der Waals surface area (Å²) < 4.78 is 49.8. The first-order valence-corrected chi connectivity index (χ1v) is 10.2. The Bertz CT molecular complexity index is 799. The van der Waals surface area contributed by atoms with Crippen LogP contribution in [0, 0.1) is 20.8 Å². The molecular formula is C14H21NO5S2. The highest BCUT2D eigenvalue weighted by Gasteiger charge is 2.43. The lowest BCUT2D eigenvalue weighted by molar-refractivity contribution is 0.137. The van der Waals surface area contributed by atoms with Crippen LogP contribution < -0.4 is 0 Å². The molecule has 0 aromatic heterocycles. The van der Waals surface area contributed by atoms with Crippen LogP contribution in [0.1, 0.15) is 16.7 Å². The maximum Gasteiger partial charge on any atom is 0.243 e. The van der Waals surface area contributed by atoms with Crippen LogP contribution in [-0.4, -0.2) is 56.9 Å². The van der Waals surface area contributed by atoms with E-state index in [9.17, 15) is 21.9 Å². The number of aliphatic hydroxyl groups is 1. The van der Waals surface area contributed by atoms with Crippen molar-refractivity contribution in [1.82, 2.24) is 4.31 Å². The Labute approximate surface area is 131 Å². The molecule has 22 heavy (non-hydrogen) atoms. The van der Waals surface area contributed by atoms with Crippen molar-refractivity contribution in [3.8, 4) is 0 Å². The minimum atomic E-state index is -3.87. The van der Waals surface area contributed by atoms with Gasteiger partial charge < -0.3 is 5.11 Å². The van der Waals surface area contributed by atoms with Gasteiger partial charge in [-0.2, -0.15) is 4.31 Å². The molecule has 1 fully saturated rings. The summed E-state index contributed by atoms with van der Waals surface area (Å²) in [7, 11) is -5.96. The van der Waals surface area contributed by atoms with Gasteiger partial charge in [-0.15, -0.1) is 0 Å². The maximum absolute atomic E-state index is 12.8. The fourth-order valence-corrected chi connectivity index (χ4v) is 6.32. The van der Waals surface area contributed by atoms with Gasteiger partial charge in [-0.25, -0.2) is 16.8 Å². The second kappa shape index (κ2) is 5.59. The molecule has 2 rings (SSSR count). The molecule has 0 radical (unpaired) electrons. The van der Waals surface area contributed by atoms with E-state index >= 15 is 0 Å². The highest BCUT2D eigenvalue weighted by Crippen LogP contribution is 2.27. The topological polar surface area (TPSA) is 91.8 Å². The number of benzene rings is 1. The molecule has 8 heteroatoms. The van der Waals surface area contributed by atoms with Gasteiger partial charge in [-0.3, -0.25) is 0 Å². The van der Waals surface area contributed by atoms with E-state index in [-0.39, 0.29) is 10.6 Å². The van der Waals surface area contributed by atoms with Crippen LogP contribution in [0.2, 0.25) is 0 Å². The second-order valence-corrected chi connectivity index (χ2v) is 10.1. The highest BCUT2D eigenvalue weighted by molar-refractivity contribution is 7.92.